The highest BCUT2D eigenvalue weighted by atomic mass is 16.6. The number of rotatable bonds is 3. The third-order valence-corrected chi connectivity index (χ3v) is 8.96. The lowest BCUT2D eigenvalue weighted by Gasteiger charge is -2.35. The normalized spacial score (nSPS) is 18.9. The molecule has 1 N–H and O–H groups in total. The van der Waals surface area contributed by atoms with Gasteiger partial charge in [-0.2, -0.15) is 10.1 Å². The van der Waals surface area contributed by atoms with E-state index in [9.17, 15) is 9.59 Å². The molecule has 0 spiro atoms. The van der Waals surface area contributed by atoms with Crippen molar-refractivity contribution in [1.82, 2.24) is 29.5 Å². The molecule has 13 heteroatoms. The number of aromatic nitrogens is 3. The number of aliphatic imine (C=N–C) groups is 1. The van der Waals surface area contributed by atoms with Crippen molar-refractivity contribution < 1.29 is 19.1 Å². The fourth-order valence-corrected chi connectivity index (χ4v) is 6.43. The van der Waals surface area contributed by atoms with Gasteiger partial charge in [-0.25, -0.2) is 9.48 Å². The number of fused-ring (bicyclic) bond motifs is 7. The number of nitrogens with one attached hydrogen (secondary N) is 1. The van der Waals surface area contributed by atoms with Crippen LogP contribution in [0.15, 0.2) is 41.5 Å². The van der Waals surface area contributed by atoms with E-state index >= 15 is 0 Å². The Labute approximate surface area is 282 Å². The first-order valence-electron chi connectivity index (χ1n) is 16.7. The summed E-state index contributed by atoms with van der Waals surface area (Å²) in [6.45, 7) is 11.5. The number of anilines is 2. The average molecular weight is 658 g/mol. The fourth-order valence-electron chi connectivity index (χ4n) is 6.43. The number of hydrogen-bond acceptors (Lipinski definition) is 10. The average Bonchev–Trinajstić information content (AvgIpc) is 3.56. The van der Waals surface area contributed by atoms with E-state index in [1.807, 2.05) is 38.7 Å². The lowest BCUT2D eigenvalue weighted by molar-refractivity contribution is 0.0231. The maximum atomic E-state index is 13.8. The molecule has 256 valence electrons. The molecule has 2 amide bonds. The standard InChI is InChI=1S/C35H47N9O4/c1-23-18-25-20-29(37-23)27-21-36-41(7)32(27)47-17-16-43(34(46)48-35(2,3)4)14-15-44-30-19-24(8-9-28(30)38-33(44)39-31(25)45)22-42-12-10-26(11-13-42)40(5)6/h8-9,18-21,26H,10-17,22H2,1-7H3,(H,38,39,45). The van der Waals surface area contributed by atoms with Gasteiger partial charge in [0, 0.05) is 44.0 Å². The summed E-state index contributed by atoms with van der Waals surface area (Å²) < 4.78 is 13.6. The SMILES string of the molecule is Cc1cc2cc(n1)-c1cnn(C)c1OCCN(C(=O)OC(C)(C)C)CCN1/C(=N/C2=O)Nc2ccc(CN3CCC(N(C)C)CC3)cc21. The molecule has 13 nitrogen and oxygen atoms in total. The van der Waals surface area contributed by atoms with E-state index in [4.69, 9.17) is 9.47 Å². The van der Waals surface area contributed by atoms with Crippen LogP contribution >= 0.6 is 0 Å². The Kier molecular flexibility index (Phi) is 9.44. The molecule has 0 saturated carbocycles. The molecule has 5 heterocycles. The third-order valence-electron chi connectivity index (χ3n) is 8.96. The van der Waals surface area contributed by atoms with Crippen LogP contribution < -0.4 is 15.0 Å². The van der Waals surface area contributed by atoms with Crippen LogP contribution in [0.25, 0.3) is 11.3 Å². The Morgan fingerprint density at radius 1 is 1.08 bits per heavy atom. The summed E-state index contributed by atoms with van der Waals surface area (Å²) >= 11 is 0. The summed E-state index contributed by atoms with van der Waals surface area (Å²) in [5.74, 6) is 0.495. The highest BCUT2D eigenvalue weighted by Crippen LogP contribution is 2.35. The molecule has 1 aromatic carbocycles. The van der Waals surface area contributed by atoms with Crippen molar-refractivity contribution in [1.29, 1.82) is 0 Å². The van der Waals surface area contributed by atoms with E-state index in [2.05, 4.69) is 56.4 Å². The Morgan fingerprint density at radius 2 is 1.85 bits per heavy atom. The second kappa shape index (κ2) is 13.6. The van der Waals surface area contributed by atoms with E-state index in [0.29, 0.717) is 53.5 Å². The number of pyridine rings is 1. The number of carbonyl (C=O) groups excluding carboxylic acids is 2. The van der Waals surface area contributed by atoms with E-state index in [-0.39, 0.29) is 13.2 Å². The Balaban J connectivity index is 1.34. The van der Waals surface area contributed by atoms with E-state index in [1.165, 1.54) is 5.56 Å². The summed E-state index contributed by atoms with van der Waals surface area (Å²) in [7, 11) is 6.09. The number of guanidine groups is 1. The fraction of sp³-hybridized carbons (Fsp3) is 0.514. The lowest BCUT2D eigenvalue weighted by atomic mass is 10.0. The molecule has 2 bridgehead atoms. The van der Waals surface area contributed by atoms with Crippen molar-refractivity contribution in [3.8, 4) is 17.1 Å². The second-order valence-electron chi connectivity index (χ2n) is 14.0. The Bertz CT molecular complexity index is 1700. The largest absolute Gasteiger partial charge is 0.475 e. The molecule has 3 aliphatic heterocycles. The lowest BCUT2D eigenvalue weighted by Crippen LogP contribution is -2.44. The van der Waals surface area contributed by atoms with Gasteiger partial charge in [-0.3, -0.25) is 14.7 Å². The Hall–Kier alpha value is -4.49. The Morgan fingerprint density at radius 3 is 2.58 bits per heavy atom. The third kappa shape index (κ3) is 7.47. The van der Waals surface area contributed by atoms with Crippen LogP contribution in [0.4, 0.5) is 16.2 Å². The second-order valence-corrected chi connectivity index (χ2v) is 14.0. The molecule has 3 aliphatic rings. The predicted molar refractivity (Wildman–Crippen MR) is 186 cm³/mol. The molecule has 2 aromatic heterocycles. The molecule has 1 saturated heterocycles. The number of amides is 2. The smallest absolute Gasteiger partial charge is 0.410 e. The van der Waals surface area contributed by atoms with E-state index in [1.54, 1.807) is 35.0 Å². The molecule has 0 atom stereocenters. The molecule has 0 aliphatic carbocycles. The molecule has 1 fully saturated rings. The summed E-state index contributed by atoms with van der Waals surface area (Å²) in [6, 6.07) is 10.4. The van der Waals surface area contributed by atoms with Gasteiger partial charge >= 0.3 is 6.09 Å². The molecule has 3 aromatic rings. The zero-order valence-electron chi connectivity index (χ0n) is 29.1. The van der Waals surface area contributed by atoms with Crippen molar-refractivity contribution in [3.63, 3.8) is 0 Å². The van der Waals surface area contributed by atoms with Gasteiger partial charge in [0.1, 0.15) is 12.2 Å². The highest BCUT2D eigenvalue weighted by Gasteiger charge is 2.30. The van der Waals surface area contributed by atoms with Crippen LogP contribution in [0.3, 0.4) is 0 Å². The summed E-state index contributed by atoms with van der Waals surface area (Å²) in [5.41, 5.74) is 4.56. The molecular formula is C35H47N9O4. The van der Waals surface area contributed by atoms with Crippen LogP contribution in [-0.4, -0.2) is 112 Å². The van der Waals surface area contributed by atoms with Crippen LogP contribution in [-0.2, 0) is 18.3 Å². The van der Waals surface area contributed by atoms with Gasteiger partial charge in [-0.15, -0.1) is 0 Å². The number of hydrogen-bond donors (Lipinski definition) is 1. The number of likely N-dealkylation sites (tertiary alicyclic amines) is 1. The van der Waals surface area contributed by atoms with Gasteiger partial charge in [-0.1, -0.05) is 6.07 Å². The minimum absolute atomic E-state index is 0.202. The van der Waals surface area contributed by atoms with Crippen molar-refractivity contribution in [3.05, 3.63) is 53.3 Å². The first kappa shape index (κ1) is 33.4. The van der Waals surface area contributed by atoms with Crippen molar-refractivity contribution >= 4 is 29.3 Å². The summed E-state index contributed by atoms with van der Waals surface area (Å²) in [6.07, 6.45) is 3.51. The summed E-state index contributed by atoms with van der Waals surface area (Å²) in [4.78, 5) is 45.0. The van der Waals surface area contributed by atoms with Crippen molar-refractivity contribution in [2.45, 2.75) is 58.7 Å². The predicted octanol–water partition coefficient (Wildman–Crippen LogP) is 4.37. The molecular weight excluding hydrogens is 610 g/mol. The van der Waals surface area contributed by atoms with Gasteiger partial charge in [0.25, 0.3) is 5.91 Å². The zero-order chi connectivity index (χ0) is 34.2. The quantitative estimate of drug-likeness (QED) is 0.435. The molecule has 0 unspecified atom stereocenters. The van der Waals surface area contributed by atoms with Crippen molar-refractivity contribution in [2.75, 3.05) is 63.6 Å². The first-order chi connectivity index (χ1) is 22.8. The van der Waals surface area contributed by atoms with Crippen LogP contribution in [0.5, 0.6) is 5.88 Å². The van der Waals surface area contributed by atoms with Crippen LogP contribution in [0, 0.1) is 6.92 Å². The molecule has 48 heavy (non-hydrogen) atoms. The van der Waals surface area contributed by atoms with Crippen LogP contribution in [0.2, 0.25) is 0 Å². The number of benzene rings is 1. The number of carbonyl (C=O) groups is 2. The first-order valence-corrected chi connectivity index (χ1v) is 16.7. The maximum Gasteiger partial charge on any atom is 0.410 e. The van der Waals surface area contributed by atoms with Gasteiger partial charge in [0.2, 0.25) is 11.8 Å². The van der Waals surface area contributed by atoms with Gasteiger partial charge in [0.15, 0.2) is 0 Å². The topological polar surface area (TPSA) is 121 Å². The summed E-state index contributed by atoms with van der Waals surface area (Å²) in [5, 5.41) is 7.76. The molecule has 0 radical (unpaired) electrons. The minimum Gasteiger partial charge on any atom is -0.475 e. The van der Waals surface area contributed by atoms with E-state index < -0.39 is 17.6 Å². The number of piperidine rings is 1. The van der Waals surface area contributed by atoms with E-state index in [0.717, 1.165) is 43.9 Å². The maximum absolute atomic E-state index is 13.8. The zero-order valence-corrected chi connectivity index (χ0v) is 29.1. The van der Waals surface area contributed by atoms with Gasteiger partial charge in [0.05, 0.1) is 35.4 Å². The van der Waals surface area contributed by atoms with Gasteiger partial charge < -0.3 is 29.5 Å². The van der Waals surface area contributed by atoms with Crippen LogP contribution in [0.1, 0.15) is 55.2 Å². The number of nitrogens with zero attached hydrogens (tertiary/aromatic N) is 8. The van der Waals surface area contributed by atoms with Crippen molar-refractivity contribution in [2.24, 2.45) is 12.0 Å². The van der Waals surface area contributed by atoms with Gasteiger partial charge in [-0.05, 0) is 97.6 Å². The minimum atomic E-state index is -0.672. The highest BCUT2D eigenvalue weighted by molar-refractivity contribution is 6.19. The number of ether oxygens (including phenoxy) is 2. The molecule has 6 rings (SSSR count). The number of aryl methyl sites for hydroxylation is 2. The monoisotopic (exact) mass is 657 g/mol.